The molecular weight excluding hydrogens is 287 g/mol. The van der Waals surface area contributed by atoms with Crippen molar-refractivity contribution in [1.29, 1.82) is 0 Å². The zero-order valence-corrected chi connectivity index (χ0v) is 14.1. The van der Waals surface area contributed by atoms with E-state index in [1.54, 1.807) is 26.0 Å². The van der Waals surface area contributed by atoms with Gasteiger partial charge in [-0.3, -0.25) is 9.36 Å². The molecule has 0 spiro atoms. The maximum atomic E-state index is 12.9. The van der Waals surface area contributed by atoms with E-state index in [0.717, 1.165) is 0 Å². The summed E-state index contributed by atoms with van der Waals surface area (Å²) in [5, 5.41) is 0. The van der Waals surface area contributed by atoms with Crippen LogP contribution in [0.25, 0.3) is 0 Å². The van der Waals surface area contributed by atoms with Crippen LogP contribution in [0.5, 0.6) is 0 Å². The smallest absolute Gasteiger partial charge is 0.309 e. The Labute approximate surface area is 127 Å². The van der Waals surface area contributed by atoms with Crippen LogP contribution in [0.1, 0.15) is 44.5 Å². The topological polar surface area (TPSA) is 52.6 Å². The zero-order chi connectivity index (χ0) is 15.9. The Kier molecular flexibility index (Phi) is 7.30. The number of hydrogen-bond donors (Lipinski definition) is 0. The van der Waals surface area contributed by atoms with Crippen LogP contribution in [0.2, 0.25) is 0 Å². The molecule has 0 radical (unpaired) electrons. The predicted octanol–water partition coefficient (Wildman–Crippen LogP) is 4.55. The van der Waals surface area contributed by atoms with E-state index in [0.29, 0.717) is 18.8 Å². The van der Waals surface area contributed by atoms with Crippen LogP contribution in [-0.4, -0.2) is 24.7 Å². The molecule has 0 N–H and O–H groups in total. The third-order valence-electron chi connectivity index (χ3n) is 3.28. The molecule has 21 heavy (non-hydrogen) atoms. The lowest BCUT2D eigenvalue weighted by Crippen LogP contribution is -2.23. The standard InChI is InChI=1S/C16H25O4P/c1-5-19-21(18,20-6-2)16(13(3)4)12-15(17)14-10-8-7-9-11-14/h7-11,13,16H,5-6,12H2,1-4H3. The zero-order valence-electron chi connectivity index (χ0n) is 13.2. The Bertz CT molecular complexity index is 474. The molecule has 4 nitrogen and oxygen atoms in total. The molecule has 1 atom stereocenters. The lowest BCUT2D eigenvalue weighted by molar-refractivity contribution is 0.0967. The molecule has 0 heterocycles. The second kappa shape index (κ2) is 8.47. The molecule has 0 aliphatic rings. The molecule has 0 amide bonds. The molecule has 1 aromatic carbocycles. The van der Waals surface area contributed by atoms with Gasteiger partial charge < -0.3 is 9.05 Å². The van der Waals surface area contributed by atoms with Gasteiger partial charge >= 0.3 is 7.60 Å². The summed E-state index contributed by atoms with van der Waals surface area (Å²) in [5.74, 6) is -0.00414. The van der Waals surface area contributed by atoms with Crippen LogP contribution < -0.4 is 0 Å². The number of hydrogen-bond acceptors (Lipinski definition) is 4. The summed E-state index contributed by atoms with van der Waals surface area (Å²) in [4.78, 5) is 12.4. The largest absolute Gasteiger partial charge is 0.334 e. The molecular formula is C16H25O4P. The van der Waals surface area contributed by atoms with E-state index >= 15 is 0 Å². The Morgan fingerprint density at radius 1 is 1.10 bits per heavy atom. The minimum absolute atomic E-state index is 0.0293. The van der Waals surface area contributed by atoms with Crippen LogP contribution in [0.15, 0.2) is 30.3 Å². The number of Topliss-reactive ketones (excluding diaryl/α,β-unsaturated/α-hetero) is 1. The van der Waals surface area contributed by atoms with Crippen molar-refractivity contribution >= 4 is 13.4 Å². The fourth-order valence-corrected chi connectivity index (χ4v) is 4.53. The van der Waals surface area contributed by atoms with Gasteiger partial charge in [0.25, 0.3) is 0 Å². The lowest BCUT2D eigenvalue weighted by Gasteiger charge is -2.28. The third kappa shape index (κ3) is 5.06. The number of benzene rings is 1. The molecule has 0 aliphatic heterocycles. The third-order valence-corrected chi connectivity index (χ3v) is 6.11. The molecule has 0 bridgehead atoms. The van der Waals surface area contributed by atoms with Crippen LogP contribution in [0, 0.1) is 5.92 Å². The number of ketones is 1. The maximum absolute atomic E-state index is 12.9. The molecule has 118 valence electrons. The van der Waals surface area contributed by atoms with E-state index < -0.39 is 13.3 Å². The highest BCUT2D eigenvalue weighted by molar-refractivity contribution is 7.54. The van der Waals surface area contributed by atoms with Gasteiger partial charge in [0, 0.05) is 12.0 Å². The summed E-state index contributed by atoms with van der Waals surface area (Å²) in [6.45, 7) is 8.05. The van der Waals surface area contributed by atoms with Crippen molar-refractivity contribution in [3.05, 3.63) is 35.9 Å². The Balaban J connectivity index is 2.96. The first-order chi connectivity index (χ1) is 9.94. The molecule has 0 aromatic heterocycles. The van der Waals surface area contributed by atoms with Crippen molar-refractivity contribution in [2.45, 2.75) is 39.8 Å². The summed E-state index contributed by atoms with van der Waals surface area (Å²) in [5.41, 5.74) is 0.202. The Hall–Kier alpha value is -0.960. The lowest BCUT2D eigenvalue weighted by atomic mass is 10.0. The summed E-state index contributed by atoms with van der Waals surface area (Å²) in [6.07, 6.45) is 0.166. The number of carbonyl (C=O) groups excluding carboxylic acids is 1. The summed E-state index contributed by atoms with van der Waals surface area (Å²) < 4.78 is 23.7. The monoisotopic (exact) mass is 312 g/mol. The number of carbonyl (C=O) groups is 1. The number of rotatable bonds is 9. The second-order valence-electron chi connectivity index (χ2n) is 5.18. The van der Waals surface area contributed by atoms with Crippen LogP contribution in [0.4, 0.5) is 0 Å². The predicted molar refractivity (Wildman–Crippen MR) is 84.9 cm³/mol. The molecule has 1 aromatic rings. The van der Waals surface area contributed by atoms with Gasteiger partial charge in [0.05, 0.1) is 18.9 Å². The van der Waals surface area contributed by atoms with Gasteiger partial charge in [0.2, 0.25) is 0 Å². The van der Waals surface area contributed by atoms with Crippen LogP contribution >= 0.6 is 7.60 Å². The SMILES string of the molecule is CCOP(=O)(OCC)C(CC(=O)c1ccccc1)C(C)C. The average molecular weight is 312 g/mol. The van der Waals surface area contributed by atoms with E-state index in [9.17, 15) is 9.36 Å². The molecule has 5 heteroatoms. The highest BCUT2D eigenvalue weighted by atomic mass is 31.2. The van der Waals surface area contributed by atoms with Crippen molar-refractivity contribution in [1.82, 2.24) is 0 Å². The van der Waals surface area contributed by atoms with Crippen LogP contribution in [0.3, 0.4) is 0 Å². The molecule has 0 fully saturated rings. The second-order valence-corrected chi connectivity index (χ2v) is 7.44. The van der Waals surface area contributed by atoms with Gasteiger partial charge in [-0.15, -0.1) is 0 Å². The normalized spacial score (nSPS) is 13.4. The minimum atomic E-state index is -3.28. The fraction of sp³-hybridized carbons (Fsp3) is 0.562. The van der Waals surface area contributed by atoms with Crippen molar-refractivity contribution in [2.75, 3.05) is 13.2 Å². The maximum Gasteiger partial charge on any atom is 0.334 e. The van der Waals surface area contributed by atoms with E-state index in [4.69, 9.17) is 9.05 Å². The van der Waals surface area contributed by atoms with E-state index in [1.165, 1.54) is 0 Å². The van der Waals surface area contributed by atoms with Crippen LogP contribution in [-0.2, 0) is 13.6 Å². The fourth-order valence-electron chi connectivity index (χ4n) is 2.23. The molecule has 1 rings (SSSR count). The summed E-state index contributed by atoms with van der Waals surface area (Å²) >= 11 is 0. The molecule has 1 unspecified atom stereocenters. The first-order valence-corrected chi connectivity index (χ1v) is 9.02. The van der Waals surface area contributed by atoms with Gasteiger partial charge in [0.1, 0.15) is 0 Å². The first kappa shape index (κ1) is 18.1. The summed E-state index contributed by atoms with van der Waals surface area (Å²) in [6, 6.07) is 9.05. The van der Waals surface area contributed by atoms with Gasteiger partial charge in [0.15, 0.2) is 5.78 Å². The highest BCUT2D eigenvalue weighted by Crippen LogP contribution is 2.56. The van der Waals surface area contributed by atoms with Gasteiger partial charge in [-0.25, -0.2) is 0 Å². The molecule has 0 aliphatic carbocycles. The van der Waals surface area contributed by atoms with Gasteiger partial charge in [-0.2, -0.15) is 0 Å². The quantitative estimate of drug-likeness (QED) is 0.496. The van der Waals surface area contributed by atoms with Gasteiger partial charge in [-0.05, 0) is 19.8 Å². The first-order valence-electron chi connectivity index (χ1n) is 7.41. The van der Waals surface area contributed by atoms with Gasteiger partial charge in [-0.1, -0.05) is 44.2 Å². The van der Waals surface area contributed by atoms with Crippen molar-refractivity contribution < 1.29 is 18.4 Å². The highest BCUT2D eigenvalue weighted by Gasteiger charge is 2.39. The minimum Gasteiger partial charge on any atom is -0.309 e. The Morgan fingerprint density at radius 2 is 1.62 bits per heavy atom. The van der Waals surface area contributed by atoms with E-state index in [2.05, 4.69) is 0 Å². The van der Waals surface area contributed by atoms with E-state index in [1.807, 2.05) is 32.0 Å². The average Bonchev–Trinajstić information content (AvgIpc) is 2.45. The van der Waals surface area contributed by atoms with Crippen molar-refractivity contribution in [3.63, 3.8) is 0 Å². The Morgan fingerprint density at radius 3 is 2.05 bits per heavy atom. The summed E-state index contributed by atoms with van der Waals surface area (Å²) in [7, 11) is -3.28. The van der Waals surface area contributed by atoms with Crippen molar-refractivity contribution in [3.8, 4) is 0 Å². The van der Waals surface area contributed by atoms with Crippen molar-refractivity contribution in [2.24, 2.45) is 5.92 Å². The molecule has 0 saturated heterocycles. The van der Waals surface area contributed by atoms with E-state index in [-0.39, 0.29) is 18.1 Å². The molecule has 0 saturated carbocycles.